The van der Waals surface area contributed by atoms with Crippen LogP contribution in [0.2, 0.25) is 0 Å². The molecule has 28 heavy (non-hydrogen) atoms. The zero-order chi connectivity index (χ0) is 20.5. The van der Waals surface area contributed by atoms with E-state index in [1.165, 1.54) is 5.57 Å². The highest BCUT2D eigenvalue weighted by Gasteiger charge is 2.67. The predicted molar refractivity (Wildman–Crippen MR) is 111 cm³/mol. The van der Waals surface area contributed by atoms with Crippen LogP contribution >= 0.6 is 0 Å². The summed E-state index contributed by atoms with van der Waals surface area (Å²) in [6.45, 7) is 12.7. The van der Waals surface area contributed by atoms with Crippen molar-refractivity contribution in [3.05, 3.63) is 11.6 Å². The highest BCUT2D eigenvalue weighted by atomic mass is 16.5. The minimum Gasteiger partial charge on any atom is -0.462 e. The molecule has 156 valence electrons. The first-order valence-corrected chi connectivity index (χ1v) is 11.4. The molecule has 0 N–H and O–H groups in total. The highest BCUT2D eigenvalue weighted by molar-refractivity contribution is 5.83. The minimum atomic E-state index is -0.213. The van der Waals surface area contributed by atoms with E-state index in [0.717, 1.165) is 44.9 Å². The average Bonchev–Trinajstić information content (AvgIpc) is 2.83. The van der Waals surface area contributed by atoms with E-state index in [9.17, 15) is 9.59 Å². The number of carbonyl (C=O) groups excluding carboxylic acids is 2. The fraction of sp³-hybridized carbons (Fsp3) is 0.840. The lowest BCUT2D eigenvalue weighted by atomic mass is 9.45. The number of carbonyl (C=O) groups is 2. The molecule has 0 aromatic carbocycles. The molecular weight excluding hydrogens is 348 g/mol. The van der Waals surface area contributed by atoms with Gasteiger partial charge in [-0.05, 0) is 81.0 Å². The molecule has 0 amide bonds. The zero-order valence-electron chi connectivity index (χ0n) is 18.6. The van der Waals surface area contributed by atoms with Crippen LogP contribution in [-0.4, -0.2) is 17.9 Å². The maximum atomic E-state index is 12.8. The monoisotopic (exact) mass is 386 g/mol. The lowest BCUT2D eigenvalue weighted by Crippen LogP contribution is -2.56. The van der Waals surface area contributed by atoms with Gasteiger partial charge in [-0.2, -0.15) is 0 Å². The summed E-state index contributed by atoms with van der Waals surface area (Å²) in [5, 5.41) is 0. The van der Waals surface area contributed by atoms with Gasteiger partial charge in [-0.1, -0.05) is 39.3 Å². The molecule has 8 unspecified atom stereocenters. The molecule has 3 heteroatoms. The molecule has 4 aliphatic rings. The third-order valence-corrected chi connectivity index (χ3v) is 10.3. The summed E-state index contributed by atoms with van der Waals surface area (Å²) in [6.07, 6.45) is 10.3. The first-order valence-electron chi connectivity index (χ1n) is 11.4. The number of rotatable bonds is 2. The fourth-order valence-corrected chi connectivity index (χ4v) is 8.40. The molecule has 0 spiro atoms. The number of Topliss-reactive ketones (excluding diaryl/α,β-unsaturated/α-hetero) is 1. The molecule has 0 saturated heterocycles. The number of fused-ring (bicyclic) bond motifs is 5. The van der Waals surface area contributed by atoms with E-state index in [4.69, 9.17) is 4.74 Å². The third kappa shape index (κ3) is 2.40. The quantitative estimate of drug-likeness (QED) is 0.450. The summed E-state index contributed by atoms with van der Waals surface area (Å²) < 4.78 is 5.92. The van der Waals surface area contributed by atoms with Gasteiger partial charge in [0.2, 0.25) is 0 Å². The van der Waals surface area contributed by atoms with Crippen LogP contribution in [0.4, 0.5) is 0 Å². The summed E-state index contributed by atoms with van der Waals surface area (Å²) in [6, 6.07) is 0. The van der Waals surface area contributed by atoms with Crippen LogP contribution in [0.25, 0.3) is 0 Å². The Kier molecular flexibility index (Phi) is 4.64. The minimum absolute atomic E-state index is 0.0140. The van der Waals surface area contributed by atoms with Gasteiger partial charge in [-0.3, -0.25) is 9.59 Å². The van der Waals surface area contributed by atoms with Gasteiger partial charge in [0.15, 0.2) is 0 Å². The second-order valence-electron chi connectivity index (χ2n) is 11.0. The van der Waals surface area contributed by atoms with Gasteiger partial charge in [0.25, 0.3) is 0 Å². The normalized spacial score (nSPS) is 50.1. The van der Waals surface area contributed by atoms with Crippen molar-refractivity contribution in [1.29, 1.82) is 0 Å². The molecule has 4 aliphatic carbocycles. The second-order valence-corrected chi connectivity index (χ2v) is 11.0. The van der Waals surface area contributed by atoms with Gasteiger partial charge < -0.3 is 4.74 Å². The summed E-state index contributed by atoms with van der Waals surface area (Å²) >= 11 is 0. The molecule has 4 rings (SSSR count). The fourth-order valence-electron chi connectivity index (χ4n) is 8.40. The van der Waals surface area contributed by atoms with E-state index in [2.05, 4.69) is 33.8 Å². The van der Waals surface area contributed by atoms with Crippen LogP contribution in [-0.2, 0) is 14.3 Å². The van der Waals surface area contributed by atoms with Crippen molar-refractivity contribution in [2.24, 2.45) is 39.9 Å². The Balaban J connectivity index is 1.73. The average molecular weight is 387 g/mol. The standard InChI is InChI=1S/C25H38O3/c1-15-14-21-19-11-10-18-8-7-9-22(28-17(3)27)24(18,5)20(19)12-13-23(21,4)25(15,6)16(2)26/h10,15,19-22H,7-9,11-14H2,1-6H3. The Morgan fingerprint density at radius 1 is 1.11 bits per heavy atom. The lowest BCUT2D eigenvalue weighted by Gasteiger charge is -2.60. The van der Waals surface area contributed by atoms with Crippen LogP contribution in [0.1, 0.15) is 86.5 Å². The molecule has 8 atom stereocenters. The van der Waals surface area contributed by atoms with Crippen LogP contribution in [0.5, 0.6) is 0 Å². The zero-order valence-corrected chi connectivity index (χ0v) is 18.6. The van der Waals surface area contributed by atoms with Crippen molar-refractivity contribution in [2.45, 2.75) is 92.6 Å². The Bertz CT molecular complexity index is 723. The first-order chi connectivity index (χ1) is 13.1. The third-order valence-electron chi connectivity index (χ3n) is 10.3. The lowest BCUT2D eigenvalue weighted by molar-refractivity contribution is -0.164. The van der Waals surface area contributed by atoms with Gasteiger partial charge in [0.05, 0.1) is 0 Å². The number of hydrogen-bond acceptors (Lipinski definition) is 3. The highest BCUT2D eigenvalue weighted by Crippen LogP contribution is 2.71. The SMILES string of the molecule is CC(=O)OC1CCCC2=CCC3C(CCC4(C)C3CC(C)C4(C)C(C)=O)C21C. The molecular formula is C25H38O3. The Hall–Kier alpha value is -1.12. The van der Waals surface area contributed by atoms with Gasteiger partial charge in [-0.25, -0.2) is 0 Å². The number of esters is 1. The first kappa shape index (κ1) is 20.2. The Morgan fingerprint density at radius 3 is 2.46 bits per heavy atom. The molecule has 3 fully saturated rings. The van der Waals surface area contributed by atoms with Gasteiger partial charge in [0, 0.05) is 17.8 Å². The van der Waals surface area contributed by atoms with Crippen molar-refractivity contribution in [1.82, 2.24) is 0 Å². The summed E-state index contributed by atoms with van der Waals surface area (Å²) in [7, 11) is 0. The van der Waals surface area contributed by atoms with Gasteiger partial charge in [0.1, 0.15) is 11.9 Å². The molecule has 3 nitrogen and oxygen atoms in total. The van der Waals surface area contributed by atoms with Crippen LogP contribution in [0.15, 0.2) is 11.6 Å². The van der Waals surface area contributed by atoms with E-state index >= 15 is 0 Å². The van der Waals surface area contributed by atoms with E-state index in [-0.39, 0.29) is 28.3 Å². The maximum absolute atomic E-state index is 12.8. The number of ketones is 1. The van der Waals surface area contributed by atoms with Crippen LogP contribution < -0.4 is 0 Å². The van der Waals surface area contributed by atoms with Crippen molar-refractivity contribution in [3.63, 3.8) is 0 Å². The molecule has 0 heterocycles. The number of ether oxygens (including phenoxy) is 1. The van der Waals surface area contributed by atoms with E-state index in [1.54, 1.807) is 6.92 Å². The molecule has 0 bridgehead atoms. The van der Waals surface area contributed by atoms with Gasteiger partial charge >= 0.3 is 5.97 Å². The second kappa shape index (κ2) is 6.44. The molecule has 0 radical (unpaired) electrons. The topological polar surface area (TPSA) is 43.4 Å². The summed E-state index contributed by atoms with van der Waals surface area (Å²) in [5.41, 5.74) is 1.39. The summed E-state index contributed by atoms with van der Waals surface area (Å²) in [4.78, 5) is 24.6. The summed E-state index contributed by atoms with van der Waals surface area (Å²) in [5.74, 6) is 2.42. The largest absolute Gasteiger partial charge is 0.462 e. The molecule has 0 aromatic heterocycles. The number of allylic oxidation sites excluding steroid dienone is 1. The van der Waals surface area contributed by atoms with Crippen LogP contribution in [0, 0.1) is 39.9 Å². The van der Waals surface area contributed by atoms with Crippen molar-refractivity contribution >= 4 is 11.8 Å². The predicted octanol–water partition coefficient (Wildman–Crippen LogP) is 5.72. The molecule has 3 saturated carbocycles. The van der Waals surface area contributed by atoms with Crippen molar-refractivity contribution in [3.8, 4) is 0 Å². The molecule has 0 aliphatic heterocycles. The number of hydrogen-bond donors (Lipinski definition) is 0. The van der Waals surface area contributed by atoms with E-state index < -0.39 is 0 Å². The van der Waals surface area contributed by atoms with Crippen molar-refractivity contribution < 1.29 is 14.3 Å². The Morgan fingerprint density at radius 2 is 1.82 bits per heavy atom. The Labute approximate surface area is 170 Å². The van der Waals surface area contributed by atoms with E-state index in [0.29, 0.717) is 29.5 Å². The van der Waals surface area contributed by atoms with Crippen molar-refractivity contribution in [2.75, 3.05) is 0 Å². The smallest absolute Gasteiger partial charge is 0.302 e. The van der Waals surface area contributed by atoms with Gasteiger partial charge in [-0.15, -0.1) is 0 Å². The van der Waals surface area contributed by atoms with E-state index in [1.807, 2.05) is 6.92 Å². The molecule has 0 aromatic rings. The maximum Gasteiger partial charge on any atom is 0.302 e. The van der Waals surface area contributed by atoms with Crippen LogP contribution in [0.3, 0.4) is 0 Å².